The van der Waals surface area contributed by atoms with E-state index >= 15 is 0 Å². The van der Waals surface area contributed by atoms with Crippen molar-refractivity contribution in [3.8, 4) is 5.75 Å². The summed E-state index contributed by atoms with van der Waals surface area (Å²) in [6.45, 7) is 7.24. The molecule has 3 nitrogen and oxygen atoms in total. The van der Waals surface area contributed by atoms with Gasteiger partial charge in [0.25, 0.3) is 0 Å². The van der Waals surface area contributed by atoms with Crippen molar-refractivity contribution in [2.75, 3.05) is 20.5 Å². The van der Waals surface area contributed by atoms with Crippen LogP contribution >= 0.6 is 0 Å². The summed E-state index contributed by atoms with van der Waals surface area (Å²) in [5.74, 6) is 1.09. The summed E-state index contributed by atoms with van der Waals surface area (Å²) >= 11 is 0. The van der Waals surface area contributed by atoms with Crippen LogP contribution in [0.15, 0.2) is 36.4 Å². The first-order valence-electron chi connectivity index (χ1n) is 8.01. The number of methoxy groups -OCH3 is 1. The summed E-state index contributed by atoms with van der Waals surface area (Å²) in [6, 6.07) is 12.9. The first-order chi connectivity index (χ1) is 11.1. The smallest absolute Gasteiger partial charge is 0.147 e. The van der Waals surface area contributed by atoms with Gasteiger partial charge in [-0.3, -0.25) is 0 Å². The van der Waals surface area contributed by atoms with Crippen molar-refractivity contribution in [1.82, 2.24) is 0 Å². The van der Waals surface area contributed by atoms with Gasteiger partial charge in [-0.1, -0.05) is 35.9 Å². The Morgan fingerprint density at radius 3 is 2.39 bits per heavy atom. The van der Waals surface area contributed by atoms with Gasteiger partial charge in [0.1, 0.15) is 12.5 Å². The van der Waals surface area contributed by atoms with Crippen molar-refractivity contribution >= 4 is 0 Å². The highest BCUT2D eigenvalue weighted by molar-refractivity contribution is 5.44. The first-order valence-corrected chi connectivity index (χ1v) is 8.01. The van der Waals surface area contributed by atoms with Crippen LogP contribution in [0.2, 0.25) is 0 Å². The molecule has 2 atom stereocenters. The molecule has 0 N–H and O–H groups in total. The third-order valence-corrected chi connectivity index (χ3v) is 4.45. The molecule has 0 bridgehead atoms. The van der Waals surface area contributed by atoms with Gasteiger partial charge in [0.15, 0.2) is 0 Å². The van der Waals surface area contributed by atoms with E-state index in [1.807, 2.05) is 0 Å². The van der Waals surface area contributed by atoms with Crippen LogP contribution in [0.1, 0.15) is 39.8 Å². The van der Waals surface area contributed by atoms with Crippen LogP contribution in [-0.2, 0) is 9.47 Å². The summed E-state index contributed by atoms with van der Waals surface area (Å²) in [5.41, 5.74) is 6.12. The lowest BCUT2D eigenvalue weighted by atomic mass is 9.84. The van der Waals surface area contributed by atoms with Gasteiger partial charge in [-0.05, 0) is 43.5 Å². The fraction of sp³-hybridized carbons (Fsp3) is 0.400. The topological polar surface area (TPSA) is 27.7 Å². The molecular formula is C20H24O3. The lowest BCUT2D eigenvalue weighted by Crippen LogP contribution is -2.27. The molecule has 3 heteroatoms. The maximum atomic E-state index is 6.05. The molecule has 2 aromatic rings. The molecule has 0 fully saturated rings. The largest absolute Gasteiger partial charge is 0.492 e. The molecule has 3 rings (SSSR count). The Morgan fingerprint density at radius 2 is 1.70 bits per heavy atom. The standard InChI is InChI=1S/C20H24O3/c1-13-5-7-16(15(3)9-13)18-11-22-19-10-14(2)6-8-17(19)20(18)23-12-21-4/h5-10,18,20H,11-12H2,1-4H3/t18-,20+/m1/s1. The van der Waals surface area contributed by atoms with Crippen molar-refractivity contribution in [1.29, 1.82) is 0 Å². The summed E-state index contributed by atoms with van der Waals surface area (Å²) in [7, 11) is 1.65. The number of hydrogen-bond acceptors (Lipinski definition) is 3. The van der Waals surface area contributed by atoms with E-state index in [0.29, 0.717) is 6.61 Å². The molecule has 0 unspecified atom stereocenters. The molecule has 0 saturated carbocycles. The van der Waals surface area contributed by atoms with Crippen molar-refractivity contribution in [3.05, 3.63) is 64.2 Å². The summed E-state index contributed by atoms with van der Waals surface area (Å²) in [6.07, 6.45) is -0.0549. The number of aryl methyl sites for hydroxylation is 3. The lowest BCUT2D eigenvalue weighted by Gasteiger charge is -2.34. The van der Waals surface area contributed by atoms with Gasteiger partial charge < -0.3 is 14.2 Å². The number of benzene rings is 2. The van der Waals surface area contributed by atoms with Crippen LogP contribution in [0.3, 0.4) is 0 Å². The zero-order valence-corrected chi connectivity index (χ0v) is 14.3. The number of fused-ring (bicyclic) bond motifs is 1. The second-order valence-corrected chi connectivity index (χ2v) is 6.31. The van der Waals surface area contributed by atoms with E-state index in [0.717, 1.165) is 11.3 Å². The van der Waals surface area contributed by atoms with Crippen LogP contribution in [0.5, 0.6) is 5.75 Å². The van der Waals surface area contributed by atoms with Gasteiger partial charge in [0.05, 0.1) is 12.7 Å². The normalized spacial score (nSPS) is 20.0. The zero-order valence-electron chi connectivity index (χ0n) is 14.3. The van der Waals surface area contributed by atoms with E-state index in [1.54, 1.807) is 7.11 Å². The van der Waals surface area contributed by atoms with Gasteiger partial charge in [-0.15, -0.1) is 0 Å². The first kappa shape index (κ1) is 16.0. The zero-order chi connectivity index (χ0) is 16.4. The Balaban J connectivity index is 2.00. The summed E-state index contributed by atoms with van der Waals surface area (Å²) < 4.78 is 17.2. The molecule has 2 aromatic carbocycles. The lowest BCUT2D eigenvalue weighted by molar-refractivity contribution is -0.0920. The average molecular weight is 312 g/mol. The Hall–Kier alpha value is -1.84. The maximum Gasteiger partial charge on any atom is 0.147 e. The third-order valence-electron chi connectivity index (χ3n) is 4.45. The molecule has 0 aliphatic carbocycles. The van der Waals surface area contributed by atoms with E-state index in [9.17, 15) is 0 Å². The quantitative estimate of drug-likeness (QED) is 0.781. The minimum atomic E-state index is -0.0549. The van der Waals surface area contributed by atoms with Crippen LogP contribution < -0.4 is 4.74 Å². The van der Waals surface area contributed by atoms with E-state index in [2.05, 4.69) is 57.2 Å². The predicted molar refractivity (Wildman–Crippen MR) is 91.0 cm³/mol. The van der Waals surface area contributed by atoms with Crippen molar-refractivity contribution in [2.45, 2.75) is 32.8 Å². The molecule has 1 heterocycles. The minimum Gasteiger partial charge on any atom is -0.492 e. The summed E-state index contributed by atoms with van der Waals surface area (Å²) in [4.78, 5) is 0. The molecule has 0 saturated heterocycles. The number of ether oxygens (including phenoxy) is 3. The van der Waals surface area contributed by atoms with Crippen LogP contribution in [0.25, 0.3) is 0 Å². The second kappa shape index (κ2) is 6.73. The van der Waals surface area contributed by atoms with Crippen molar-refractivity contribution in [3.63, 3.8) is 0 Å². The molecular weight excluding hydrogens is 288 g/mol. The summed E-state index contributed by atoms with van der Waals surface area (Å²) in [5, 5.41) is 0. The fourth-order valence-corrected chi connectivity index (χ4v) is 3.33. The van der Waals surface area contributed by atoms with Crippen LogP contribution in [0, 0.1) is 20.8 Å². The number of hydrogen-bond donors (Lipinski definition) is 0. The van der Waals surface area contributed by atoms with Gasteiger partial charge >= 0.3 is 0 Å². The minimum absolute atomic E-state index is 0.0549. The highest BCUT2D eigenvalue weighted by Crippen LogP contribution is 2.44. The second-order valence-electron chi connectivity index (χ2n) is 6.31. The molecule has 0 amide bonds. The molecule has 23 heavy (non-hydrogen) atoms. The Bertz CT molecular complexity index is 693. The Labute approximate surface area is 138 Å². The van der Waals surface area contributed by atoms with E-state index < -0.39 is 0 Å². The average Bonchev–Trinajstić information content (AvgIpc) is 2.52. The molecule has 0 aromatic heterocycles. The van der Waals surface area contributed by atoms with Crippen molar-refractivity contribution in [2.24, 2.45) is 0 Å². The number of rotatable bonds is 4. The Kier molecular flexibility index (Phi) is 4.69. The van der Waals surface area contributed by atoms with E-state index in [1.165, 1.54) is 22.3 Å². The predicted octanol–water partition coefficient (Wildman–Crippen LogP) is 4.45. The SMILES string of the molecule is COCO[C@H]1c2ccc(C)cc2OC[C@@H]1c1ccc(C)cc1C. The monoisotopic (exact) mass is 312 g/mol. The molecule has 0 spiro atoms. The third kappa shape index (κ3) is 3.26. The van der Waals surface area contributed by atoms with Crippen LogP contribution in [-0.4, -0.2) is 20.5 Å². The fourth-order valence-electron chi connectivity index (χ4n) is 3.33. The van der Waals surface area contributed by atoms with Gasteiger partial charge in [-0.25, -0.2) is 0 Å². The van der Waals surface area contributed by atoms with Gasteiger partial charge in [-0.2, -0.15) is 0 Å². The highest BCUT2D eigenvalue weighted by atomic mass is 16.7. The van der Waals surface area contributed by atoms with E-state index in [4.69, 9.17) is 14.2 Å². The van der Waals surface area contributed by atoms with Crippen LogP contribution in [0.4, 0.5) is 0 Å². The molecule has 1 aliphatic rings. The Morgan fingerprint density at radius 1 is 1.00 bits per heavy atom. The molecule has 1 aliphatic heterocycles. The van der Waals surface area contributed by atoms with Gasteiger partial charge in [0, 0.05) is 18.6 Å². The molecule has 122 valence electrons. The maximum absolute atomic E-state index is 6.05. The molecule has 0 radical (unpaired) electrons. The van der Waals surface area contributed by atoms with Crippen molar-refractivity contribution < 1.29 is 14.2 Å². The van der Waals surface area contributed by atoms with Gasteiger partial charge in [0.2, 0.25) is 0 Å². The highest BCUT2D eigenvalue weighted by Gasteiger charge is 2.33. The van der Waals surface area contributed by atoms with E-state index in [-0.39, 0.29) is 18.8 Å².